The molecule has 0 aliphatic carbocycles. The van der Waals surface area contributed by atoms with E-state index < -0.39 is 30.7 Å². The maximum Gasteiger partial charge on any atom is 0.305 e. The molecule has 1 heterocycles. The fourth-order valence-electron chi connectivity index (χ4n) is 2.83. The van der Waals surface area contributed by atoms with Crippen LogP contribution in [0.25, 0.3) is 0 Å². The molecule has 0 aromatic rings. The molecule has 1 saturated heterocycles. The Bertz CT molecular complexity index is 363. The molecule has 0 aromatic heterocycles. The zero-order valence-electron chi connectivity index (χ0n) is 15.4. The zero-order valence-corrected chi connectivity index (χ0v) is 15.4. The van der Waals surface area contributed by atoms with Crippen molar-refractivity contribution in [1.29, 1.82) is 0 Å². The van der Waals surface area contributed by atoms with Crippen LogP contribution in [0.15, 0.2) is 0 Å². The van der Waals surface area contributed by atoms with Gasteiger partial charge in [-0.3, -0.25) is 4.79 Å². The van der Waals surface area contributed by atoms with Gasteiger partial charge in [-0.15, -0.1) is 0 Å². The number of carbonyl (C=O) groups is 1. The van der Waals surface area contributed by atoms with Crippen LogP contribution in [-0.2, 0) is 19.0 Å². The summed E-state index contributed by atoms with van der Waals surface area (Å²) in [7, 11) is 0. The van der Waals surface area contributed by atoms with Crippen molar-refractivity contribution in [3.8, 4) is 0 Å². The molecule has 0 saturated carbocycles. The Morgan fingerprint density at radius 1 is 0.920 bits per heavy atom. The van der Waals surface area contributed by atoms with Crippen LogP contribution in [0.1, 0.15) is 65.2 Å². The third-order valence-corrected chi connectivity index (χ3v) is 4.39. The average molecular weight is 362 g/mol. The minimum Gasteiger partial charge on any atom is -0.463 e. The molecular formula is C18H34O7. The Balaban J connectivity index is 2.23. The predicted octanol–water partition coefficient (Wildman–Crippen LogP) is 1.51. The van der Waals surface area contributed by atoms with Gasteiger partial charge >= 0.3 is 5.97 Å². The number of aliphatic hydroxyl groups is 3. The van der Waals surface area contributed by atoms with Crippen LogP contribution in [-0.4, -0.2) is 65.2 Å². The van der Waals surface area contributed by atoms with Crippen molar-refractivity contribution in [1.82, 2.24) is 0 Å². The van der Waals surface area contributed by atoms with Gasteiger partial charge < -0.3 is 29.5 Å². The van der Waals surface area contributed by atoms with Gasteiger partial charge in [-0.25, -0.2) is 0 Å². The summed E-state index contributed by atoms with van der Waals surface area (Å²) in [6.07, 6.45) is 2.10. The second kappa shape index (κ2) is 12.6. The fraction of sp³-hybridized carbons (Fsp3) is 0.944. The normalized spacial score (nSPS) is 29.6. The lowest BCUT2D eigenvalue weighted by molar-refractivity contribution is -0.300. The van der Waals surface area contributed by atoms with Crippen LogP contribution in [0, 0.1) is 0 Å². The summed E-state index contributed by atoms with van der Waals surface area (Å²) in [4.78, 5) is 11.8. The first kappa shape index (κ1) is 22.3. The molecule has 7 heteroatoms. The summed E-state index contributed by atoms with van der Waals surface area (Å²) in [6, 6.07) is 0. The summed E-state index contributed by atoms with van der Waals surface area (Å²) in [5.41, 5.74) is 0. The Kier molecular flexibility index (Phi) is 11.2. The number of hydrogen-bond acceptors (Lipinski definition) is 7. The van der Waals surface area contributed by atoms with E-state index in [9.17, 15) is 20.1 Å². The van der Waals surface area contributed by atoms with E-state index in [0.717, 1.165) is 19.3 Å². The first-order valence-electron chi connectivity index (χ1n) is 9.48. The van der Waals surface area contributed by atoms with Gasteiger partial charge in [-0.05, 0) is 13.3 Å². The van der Waals surface area contributed by atoms with Gasteiger partial charge in [0.05, 0.1) is 0 Å². The second-order valence-corrected chi connectivity index (χ2v) is 6.52. The van der Waals surface area contributed by atoms with Gasteiger partial charge in [-0.1, -0.05) is 45.4 Å². The van der Waals surface area contributed by atoms with E-state index in [4.69, 9.17) is 14.2 Å². The Labute approximate surface area is 150 Å². The quantitative estimate of drug-likeness (QED) is 0.357. The van der Waals surface area contributed by atoms with Crippen LogP contribution in [0.5, 0.6) is 0 Å². The number of unbranched alkanes of at least 4 members (excludes halogenated alkanes) is 6. The van der Waals surface area contributed by atoms with Crippen LogP contribution >= 0.6 is 0 Å². The highest BCUT2D eigenvalue weighted by Crippen LogP contribution is 2.22. The maximum atomic E-state index is 11.8. The summed E-state index contributed by atoms with van der Waals surface area (Å²) < 4.78 is 15.7. The summed E-state index contributed by atoms with van der Waals surface area (Å²) >= 11 is 0. The molecule has 148 valence electrons. The monoisotopic (exact) mass is 362 g/mol. The molecule has 1 aliphatic heterocycles. The van der Waals surface area contributed by atoms with Crippen molar-refractivity contribution in [2.75, 3.05) is 13.2 Å². The standard InChI is InChI=1S/C18H34O7/c1-3-5-6-7-8-9-10-11-14(19)24-12-13-15(20)16(21)17(22)18(25-13)23-4-2/h13,15-18,20-22H,3-12H2,1-2H3/t13-,15+,16+,17-,18+/m1/s1. The number of esters is 1. The SMILES string of the molecule is CCCCCCCCCC(=O)OC[C@H]1O[C@H](OCC)[C@H](O)[C@@H](O)[C@H]1O. The number of ether oxygens (including phenoxy) is 3. The first-order chi connectivity index (χ1) is 12.0. The third-order valence-electron chi connectivity index (χ3n) is 4.39. The van der Waals surface area contributed by atoms with Crippen LogP contribution in [0.2, 0.25) is 0 Å². The van der Waals surface area contributed by atoms with E-state index in [0.29, 0.717) is 6.42 Å². The molecule has 0 spiro atoms. The smallest absolute Gasteiger partial charge is 0.305 e. The molecule has 25 heavy (non-hydrogen) atoms. The first-order valence-corrected chi connectivity index (χ1v) is 9.48. The zero-order chi connectivity index (χ0) is 18.7. The minimum absolute atomic E-state index is 0.177. The van der Waals surface area contributed by atoms with Crippen LogP contribution < -0.4 is 0 Å². The number of rotatable bonds is 12. The topological polar surface area (TPSA) is 105 Å². The van der Waals surface area contributed by atoms with Gasteiger partial charge in [-0.2, -0.15) is 0 Å². The Morgan fingerprint density at radius 2 is 1.56 bits per heavy atom. The van der Waals surface area contributed by atoms with Crippen molar-refractivity contribution in [2.24, 2.45) is 0 Å². The summed E-state index contributed by atoms with van der Waals surface area (Å²) in [5, 5.41) is 29.6. The molecule has 7 nitrogen and oxygen atoms in total. The second-order valence-electron chi connectivity index (χ2n) is 6.52. The van der Waals surface area contributed by atoms with Crippen LogP contribution in [0.4, 0.5) is 0 Å². The lowest BCUT2D eigenvalue weighted by Gasteiger charge is -2.39. The molecule has 1 aliphatic rings. The van der Waals surface area contributed by atoms with E-state index >= 15 is 0 Å². The molecule has 0 bridgehead atoms. The maximum absolute atomic E-state index is 11.8. The average Bonchev–Trinajstić information content (AvgIpc) is 2.60. The van der Waals surface area contributed by atoms with Crippen molar-refractivity contribution >= 4 is 5.97 Å². The highest BCUT2D eigenvalue weighted by Gasteiger charge is 2.44. The predicted molar refractivity (Wildman–Crippen MR) is 91.9 cm³/mol. The van der Waals surface area contributed by atoms with Gasteiger partial charge in [0.25, 0.3) is 0 Å². The van der Waals surface area contributed by atoms with Crippen molar-refractivity contribution in [3.05, 3.63) is 0 Å². The fourth-order valence-corrected chi connectivity index (χ4v) is 2.83. The number of aliphatic hydroxyl groups excluding tert-OH is 3. The van der Waals surface area contributed by atoms with E-state index in [1.54, 1.807) is 6.92 Å². The molecule has 0 unspecified atom stereocenters. The third kappa shape index (κ3) is 8.00. The molecule has 0 radical (unpaired) electrons. The van der Waals surface area contributed by atoms with E-state index in [1.165, 1.54) is 25.7 Å². The molecule has 5 atom stereocenters. The Morgan fingerprint density at radius 3 is 2.20 bits per heavy atom. The highest BCUT2D eigenvalue weighted by atomic mass is 16.7. The molecular weight excluding hydrogens is 328 g/mol. The van der Waals surface area contributed by atoms with Gasteiger partial charge in [0.2, 0.25) is 0 Å². The van der Waals surface area contributed by atoms with Crippen LogP contribution in [0.3, 0.4) is 0 Å². The minimum atomic E-state index is -1.41. The molecule has 1 fully saturated rings. The van der Waals surface area contributed by atoms with E-state index in [1.807, 2.05) is 0 Å². The molecule has 0 aromatic carbocycles. The molecule has 3 N–H and O–H groups in total. The van der Waals surface area contributed by atoms with Crippen molar-refractivity contribution in [2.45, 2.75) is 95.9 Å². The number of carbonyl (C=O) groups excluding carboxylic acids is 1. The van der Waals surface area contributed by atoms with Gasteiger partial charge in [0.1, 0.15) is 31.0 Å². The lowest BCUT2D eigenvalue weighted by Crippen LogP contribution is -2.59. The van der Waals surface area contributed by atoms with Crippen molar-refractivity contribution < 1.29 is 34.3 Å². The van der Waals surface area contributed by atoms with Gasteiger partial charge in [0, 0.05) is 13.0 Å². The molecule has 1 rings (SSSR count). The highest BCUT2D eigenvalue weighted by molar-refractivity contribution is 5.69. The largest absolute Gasteiger partial charge is 0.463 e. The van der Waals surface area contributed by atoms with E-state index in [2.05, 4.69) is 6.92 Å². The van der Waals surface area contributed by atoms with Gasteiger partial charge in [0.15, 0.2) is 6.29 Å². The summed E-state index contributed by atoms with van der Waals surface area (Å²) in [6.45, 7) is 4.02. The van der Waals surface area contributed by atoms with E-state index in [-0.39, 0.29) is 19.2 Å². The van der Waals surface area contributed by atoms with Crippen molar-refractivity contribution in [3.63, 3.8) is 0 Å². The summed E-state index contributed by atoms with van der Waals surface area (Å²) in [5.74, 6) is -0.349. The lowest BCUT2D eigenvalue weighted by atomic mass is 9.99. The Hall–Kier alpha value is -0.730. The number of hydrogen-bond donors (Lipinski definition) is 3. The molecule has 0 amide bonds.